The van der Waals surface area contributed by atoms with Gasteiger partial charge < -0.3 is 0 Å². The molecule has 0 aromatic heterocycles. The van der Waals surface area contributed by atoms with Gasteiger partial charge >= 0.3 is 0 Å². The Morgan fingerprint density at radius 3 is 2.48 bits per heavy atom. The van der Waals surface area contributed by atoms with Crippen LogP contribution in [0.15, 0.2) is 40.9 Å². The standard InChI is InChI=1S/C19H21BrO/c1-12-3-4-16(9-13(12)2)19(21)17-6-5-15-11-18(20)8-7-14(15)10-17/h5-8,10-13,16H,3-4,9H2,1-2H3. The maximum atomic E-state index is 12.8. The molecule has 0 amide bonds. The fourth-order valence-electron chi connectivity index (χ4n) is 3.39. The Bertz CT molecular complexity index is 676. The zero-order valence-electron chi connectivity index (χ0n) is 12.6. The Hall–Kier alpha value is -1.15. The van der Waals surface area contributed by atoms with Crippen LogP contribution >= 0.6 is 15.9 Å². The van der Waals surface area contributed by atoms with Gasteiger partial charge in [0, 0.05) is 16.0 Å². The van der Waals surface area contributed by atoms with Crippen molar-refractivity contribution in [1.29, 1.82) is 0 Å². The van der Waals surface area contributed by atoms with Crippen LogP contribution < -0.4 is 0 Å². The summed E-state index contributed by atoms with van der Waals surface area (Å²) in [6, 6.07) is 12.3. The minimum atomic E-state index is 0.212. The molecular formula is C19H21BrO. The molecule has 2 heteroatoms. The van der Waals surface area contributed by atoms with Crippen LogP contribution in [0.4, 0.5) is 0 Å². The van der Waals surface area contributed by atoms with E-state index in [0.29, 0.717) is 11.7 Å². The average molecular weight is 345 g/mol. The second-order valence-electron chi connectivity index (χ2n) is 6.54. The lowest BCUT2D eigenvalue weighted by molar-refractivity contribution is 0.0838. The van der Waals surface area contributed by atoms with Crippen molar-refractivity contribution < 1.29 is 4.79 Å². The summed E-state index contributed by atoms with van der Waals surface area (Å²) < 4.78 is 1.07. The maximum Gasteiger partial charge on any atom is 0.165 e. The summed E-state index contributed by atoms with van der Waals surface area (Å²) in [7, 11) is 0. The number of ketones is 1. The Labute approximate surface area is 134 Å². The number of carbonyl (C=O) groups excluding carboxylic acids is 1. The highest BCUT2D eigenvalue weighted by atomic mass is 79.9. The summed E-state index contributed by atoms with van der Waals surface area (Å²) in [5.74, 6) is 1.95. The van der Waals surface area contributed by atoms with E-state index < -0.39 is 0 Å². The molecule has 0 heterocycles. The van der Waals surface area contributed by atoms with Crippen LogP contribution in [-0.2, 0) is 0 Å². The van der Waals surface area contributed by atoms with E-state index in [4.69, 9.17) is 0 Å². The van der Waals surface area contributed by atoms with Gasteiger partial charge in [-0.1, -0.05) is 48.0 Å². The lowest BCUT2D eigenvalue weighted by Gasteiger charge is -2.31. The van der Waals surface area contributed by atoms with Crippen molar-refractivity contribution in [3.63, 3.8) is 0 Å². The van der Waals surface area contributed by atoms with E-state index in [2.05, 4.69) is 48.0 Å². The molecule has 3 unspecified atom stereocenters. The van der Waals surface area contributed by atoms with Crippen molar-refractivity contribution in [3.8, 4) is 0 Å². The molecule has 1 fully saturated rings. The number of hydrogen-bond acceptors (Lipinski definition) is 1. The molecular weight excluding hydrogens is 324 g/mol. The van der Waals surface area contributed by atoms with Crippen LogP contribution in [0, 0.1) is 17.8 Å². The molecule has 3 rings (SSSR count). The first kappa shape index (κ1) is 14.8. The van der Waals surface area contributed by atoms with Crippen LogP contribution in [0.5, 0.6) is 0 Å². The molecule has 110 valence electrons. The van der Waals surface area contributed by atoms with E-state index in [1.165, 1.54) is 11.8 Å². The van der Waals surface area contributed by atoms with E-state index in [9.17, 15) is 4.79 Å². The van der Waals surface area contributed by atoms with Crippen molar-refractivity contribution in [1.82, 2.24) is 0 Å². The normalized spacial score (nSPS) is 26.0. The molecule has 0 spiro atoms. The molecule has 1 aliphatic carbocycles. The number of Topliss-reactive ketones (excluding diaryl/α,β-unsaturated/α-hetero) is 1. The van der Waals surface area contributed by atoms with E-state index >= 15 is 0 Å². The third-order valence-electron chi connectivity index (χ3n) is 5.06. The quantitative estimate of drug-likeness (QED) is 0.623. The van der Waals surface area contributed by atoms with Gasteiger partial charge in [0.2, 0.25) is 0 Å². The van der Waals surface area contributed by atoms with Crippen molar-refractivity contribution in [2.45, 2.75) is 33.1 Å². The van der Waals surface area contributed by atoms with E-state index in [-0.39, 0.29) is 5.92 Å². The smallest absolute Gasteiger partial charge is 0.165 e. The highest BCUT2D eigenvalue weighted by Crippen LogP contribution is 2.35. The van der Waals surface area contributed by atoms with Crippen LogP contribution in [0.3, 0.4) is 0 Å². The minimum absolute atomic E-state index is 0.212. The van der Waals surface area contributed by atoms with Crippen LogP contribution in [0.25, 0.3) is 10.8 Å². The third-order valence-corrected chi connectivity index (χ3v) is 5.55. The summed E-state index contributed by atoms with van der Waals surface area (Å²) in [6.07, 6.45) is 3.26. The lowest BCUT2D eigenvalue weighted by Crippen LogP contribution is -2.26. The molecule has 3 atom stereocenters. The molecule has 0 bridgehead atoms. The van der Waals surface area contributed by atoms with Crippen LogP contribution in [0.2, 0.25) is 0 Å². The predicted octanol–water partition coefficient (Wildman–Crippen LogP) is 5.86. The monoisotopic (exact) mass is 344 g/mol. The first-order chi connectivity index (χ1) is 10.0. The van der Waals surface area contributed by atoms with Crippen molar-refractivity contribution in [2.24, 2.45) is 17.8 Å². The van der Waals surface area contributed by atoms with E-state index in [1.54, 1.807) is 0 Å². The number of carbonyl (C=O) groups is 1. The minimum Gasteiger partial charge on any atom is -0.294 e. The second kappa shape index (κ2) is 5.92. The molecule has 21 heavy (non-hydrogen) atoms. The van der Waals surface area contributed by atoms with Gasteiger partial charge in [-0.15, -0.1) is 0 Å². The van der Waals surface area contributed by atoms with E-state index in [1.807, 2.05) is 18.2 Å². The number of rotatable bonds is 2. The van der Waals surface area contributed by atoms with Crippen molar-refractivity contribution in [3.05, 3.63) is 46.4 Å². The highest BCUT2D eigenvalue weighted by molar-refractivity contribution is 9.10. The summed E-state index contributed by atoms with van der Waals surface area (Å²) in [5.41, 5.74) is 0.872. The molecule has 1 nitrogen and oxygen atoms in total. The number of halogens is 1. The predicted molar refractivity (Wildman–Crippen MR) is 91.6 cm³/mol. The first-order valence-corrected chi connectivity index (χ1v) is 8.57. The van der Waals surface area contributed by atoms with Gasteiger partial charge in [-0.2, -0.15) is 0 Å². The first-order valence-electron chi connectivity index (χ1n) is 7.78. The average Bonchev–Trinajstić information content (AvgIpc) is 2.49. The zero-order valence-corrected chi connectivity index (χ0v) is 14.2. The molecule has 2 aromatic rings. The summed E-state index contributed by atoms with van der Waals surface area (Å²) in [4.78, 5) is 12.8. The molecule has 0 radical (unpaired) electrons. The summed E-state index contributed by atoms with van der Waals surface area (Å²) in [6.45, 7) is 4.58. The zero-order chi connectivity index (χ0) is 15.0. The third kappa shape index (κ3) is 3.06. The topological polar surface area (TPSA) is 17.1 Å². The molecule has 1 aliphatic rings. The Balaban J connectivity index is 1.86. The van der Waals surface area contributed by atoms with Gasteiger partial charge in [0.15, 0.2) is 5.78 Å². The van der Waals surface area contributed by atoms with Gasteiger partial charge in [0.1, 0.15) is 0 Å². The van der Waals surface area contributed by atoms with Crippen LogP contribution in [0.1, 0.15) is 43.5 Å². The fourth-order valence-corrected chi connectivity index (χ4v) is 3.77. The fraction of sp³-hybridized carbons (Fsp3) is 0.421. The molecule has 2 aromatic carbocycles. The Morgan fingerprint density at radius 1 is 1.00 bits per heavy atom. The molecule has 1 saturated carbocycles. The molecule has 0 saturated heterocycles. The molecule has 0 N–H and O–H groups in total. The van der Waals surface area contributed by atoms with Crippen molar-refractivity contribution in [2.75, 3.05) is 0 Å². The second-order valence-corrected chi connectivity index (χ2v) is 7.45. The summed E-state index contributed by atoms with van der Waals surface area (Å²) >= 11 is 3.49. The highest BCUT2D eigenvalue weighted by Gasteiger charge is 2.29. The van der Waals surface area contributed by atoms with Crippen molar-refractivity contribution >= 4 is 32.5 Å². The van der Waals surface area contributed by atoms with Gasteiger partial charge in [-0.25, -0.2) is 0 Å². The Kier molecular flexibility index (Phi) is 4.17. The van der Waals surface area contributed by atoms with Gasteiger partial charge in [0.25, 0.3) is 0 Å². The molecule has 0 aliphatic heterocycles. The van der Waals surface area contributed by atoms with E-state index in [0.717, 1.165) is 34.2 Å². The SMILES string of the molecule is CC1CCC(C(=O)c2ccc3cc(Br)ccc3c2)CC1C. The largest absolute Gasteiger partial charge is 0.294 e. The lowest BCUT2D eigenvalue weighted by atomic mass is 9.73. The number of benzene rings is 2. The van der Waals surface area contributed by atoms with Gasteiger partial charge in [-0.05, 0) is 60.1 Å². The maximum absolute atomic E-state index is 12.8. The Morgan fingerprint density at radius 2 is 1.71 bits per heavy atom. The van der Waals surface area contributed by atoms with Crippen LogP contribution in [-0.4, -0.2) is 5.78 Å². The van der Waals surface area contributed by atoms with Gasteiger partial charge in [-0.3, -0.25) is 4.79 Å². The van der Waals surface area contributed by atoms with Gasteiger partial charge in [0.05, 0.1) is 0 Å². The summed E-state index contributed by atoms with van der Waals surface area (Å²) in [5, 5.41) is 2.31. The number of hydrogen-bond donors (Lipinski definition) is 0. The number of fused-ring (bicyclic) bond motifs is 1.